The van der Waals surface area contributed by atoms with Gasteiger partial charge in [-0.25, -0.2) is 0 Å². The van der Waals surface area contributed by atoms with Crippen LogP contribution < -0.4 is 5.73 Å². The highest BCUT2D eigenvalue weighted by Crippen LogP contribution is 2.01. The molecule has 0 amide bonds. The van der Waals surface area contributed by atoms with Gasteiger partial charge in [-0.15, -0.1) is 0 Å². The van der Waals surface area contributed by atoms with Crippen LogP contribution in [0.3, 0.4) is 0 Å². The Morgan fingerprint density at radius 1 is 1.78 bits per heavy atom. The van der Waals surface area contributed by atoms with E-state index in [2.05, 4.69) is 4.99 Å². The monoisotopic (exact) mass is 126 g/mol. The van der Waals surface area contributed by atoms with Crippen molar-refractivity contribution in [2.24, 2.45) is 10.7 Å². The fourth-order valence-corrected chi connectivity index (χ4v) is 0.689. The first-order chi connectivity index (χ1) is 4.30. The number of aliphatic hydroxyl groups is 1. The highest BCUT2D eigenvalue weighted by molar-refractivity contribution is 5.72. The zero-order valence-electron chi connectivity index (χ0n) is 5.12. The van der Waals surface area contributed by atoms with E-state index >= 15 is 0 Å². The first kappa shape index (κ1) is 6.29. The highest BCUT2D eigenvalue weighted by atomic mass is 16.3. The molecule has 0 aromatic rings. The smallest absolute Gasteiger partial charge is 0.111 e. The molecule has 0 bridgehead atoms. The van der Waals surface area contributed by atoms with Crippen LogP contribution in [0.4, 0.5) is 0 Å². The number of nitrogens with zero attached hydrogens (tertiary/aromatic N) is 1. The Hall–Kier alpha value is -0.830. The second-order valence-electron chi connectivity index (χ2n) is 2.04. The van der Waals surface area contributed by atoms with E-state index in [4.69, 9.17) is 10.8 Å². The molecule has 0 saturated heterocycles. The summed E-state index contributed by atoms with van der Waals surface area (Å²) in [5.74, 6) is 0.233. The number of aliphatic imine (C=N–C) groups is 1. The standard InChI is InChI=1S/C6H10N2O/c7-5-1-3-8-4-2-6(5)9/h2,4-5,9H,1,3,7H2. The zero-order valence-corrected chi connectivity index (χ0v) is 5.12. The summed E-state index contributed by atoms with van der Waals surface area (Å²) in [7, 11) is 0. The van der Waals surface area contributed by atoms with E-state index in [1.165, 1.54) is 6.08 Å². The fraction of sp³-hybridized carbons (Fsp3) is 0.500. The predicted octanol–water partition coefficient (Wildman–Crippen LogP) is 0.230. The maximum absolute atomic E-state index is 9.00. The minimum atomic E-state index is -0.215. The van der Waals surface area contributed by atoms with E-state index in [0.717, 1.165) is 6.42 Å². The summed E-state index contributed by atoms with van der Waals surface area (Å²) in [5.41, 5.74) is 5.48. The summed E-state index contributed by atoms with van der Waals surface area (Å²) in [6, 6.07) is -0.215. The third kappa shape index (κ3) is 1.54. The van der Waals surface area contributed by atoms with Gasteiger partial charge in [0, 0.05) is 12.8 Å². The minimum Gasteiger partial charge on any atom is -0.511 e. The minimum absolute atomic E-state index is 0.215. The van der Waals surface area contributed by atoms with E-state index in [0.29, 0.717) is 6.54 Å². The lowest BCUT2D eigenvalue weighted by Gasteiger charge is -2.04. The van der Waals surface area contributed by atoms with Gasteiger partial charge in [-0.2, -0.15) is 0 Å². The summed E-state index contributed by atoms with van der Waals surface area (Å²) in [5, 5.41) is 9.00. The summed E-state index contributed by atoms with van der Waals surface area (Å²) in [6.45, 7) is 0.710. The largest absolute Gasteiger partial charge is 0.511 e. The van der Waals surface area contributed by atoms with Crippen molar-refractivity contribution in [2.75, 3.05) is 6.54 Å². The number of allylic oxidation sites excluding steroid dienone is 1. The zero-order chi connectivity index (χ0) is 6.69. The molecule has 0 aromatic carbocycles. The van der Waals surface area contributed by atoms with Crippen molar-refractivity contribution < 1.29 is 5.11 Å². The number of rotatable bonds is 0. The van der Waals surface area contributed by atoms with E-state index in [1.54, 1.807) is 6.21 Å². The normalized spacial score (nSPS) is 27.2. The molecular formula is C6H10N2O. The first-order valence-electron chi connectivity index (χ1n) is 2.95. The van der Waals surface area contributed by atoms with Crippen molar-refractivity contribution in [3.8, 4) is 0 Å². The van der Waals surface area contributed by atoms with Gasteiger partial charge in [0.15, 0.2) is 0 Å². The summed E-state index contributed by atoms with van der Waals surface area (Å²) in [4.78, 5) is 3.93. The number of aliphatic hydroxyl groups excluding tert-OH is 1. The quantitative estimate of drug-likeness (QED) is 0.488. The molecule has 1 heterocycles. The topological polar surface area (TPSA) is 58.6 Å². The maximum Gasteiger partial charge on any atom is 0.111 e. The van der Waals surface area contributed by atoms with Gasteiger partial charge in [-0.05, 0) is 12.5 Å². The predicted molar refractivity (Wildman–Crippen MR) is 36.7 cm³/mol. The third-order valence-corrected chi connectivity index (χ3v) is 1.30. The Kier molecular flexibility index (Phi) is 1.85. The maximum atomic E-state index is 9.00. The molecule has 1 aliphatic heterocycles. The van der Waals surface area contributed by atoms with Gasteiger partial charge in [0.05, 0.1) is 6.04 Å². The van der Waals surface area contributed by atoms with Gasteiger partial charge in [-0.1, -0.05) is 0 Å². The van der Waals surface area contributed by atoms with E-state index < -0.39 is 0 Å². The van der Waals surface area contributed by atoms with Gasteiger partial charge in [0.1, 0.15) is 5.76 Å². The molecule has 3 heteroatoms. The Labute approximate surface area is 53.9 Å². The molecule has 0 radical (unpaired) electrons. The van der Waals surface area contributed by atoms with Crippen molar-refractivity contribution in [2.45, 2.75) is 12.5 Å². The van der Waals surface area contributed by atoms with Crippen LogP contribution in [0.15, 0.2) is 16.8 Å². The molecular weight excluding hydrogens is 116 g/mol. The van der Waals surface area contributed by atoms with Gasteiger partial charge in [-0.3, -0.25) is 4.99 Å². The SMILES string of the molecule is NC1CCN=CC=C1O. The number of hydrogen-bond acceptors (Lipinski definition) is 3. The molecule has 3 N–H and O–H groups in total. The van der Waals surface area contributed by atoms with Gasteiger partial charge >= 0.3 is 0 Å². The Balaban J connectivity index is 2.63. The second-order valence-corrected chi connectivity index (χ2v) is 2.04. The molecule has 0 spiro atoms. The Bertz CT molecular complexity index is 151. The van der Waals surface area contributed by atoms with E-state index in [-0.39, 0.29) is 11.8 Å². The molecule has 0 aromatic heterocycles. The van der Waals surface area contributed by atoms with Crippen LogP contribution in [0, 0.1) is 0 Å². The average Bonchev–Trinajstić information content (AvgIpc) is 1.99. The Morgan fingerprint density at radius 3 is 3.33 bits per heavy atom. The van der Waals surface area contributed by atoms with Crippen molar-refractivity contribution in [1.29, 1.82) is 0 Å². The van der Waals surface area contributed by atoms with Crippen LogP contribution in [0.25, 0.3) is 0 Å². The first-order valence-corrected chi connectivity index (χ1v) is 2.95. The third-order valence-electron chi connectivity index (χ3n) is 1.30. The highest BCUT2D eigenvalue weighted by Gasteiger charge is 2.07. The molecule has 0 fully saturated rings. The van der Waals surface area contributed by atoms with Crippen molar-refractivity contribution in [3.05, 3.63) is 11.8 Å². The van der Waals surface area contributed by atoms with Crippen LogP contribution in [0.5, 0.6) is 0 Å². The van der Waals surface area contributed by atoms with Crippen LogP contribution in [0.1, 0.15) is 6.42 Å². The lowest BCUT2D eigenvalue weighted by atomic mass is 10.2. The van der Waals surface area contributed by atoms with E-state index in [1.807, 2.05) is 0 Å². The average molecular weight is 126 g/mol. The van der Waals surface area contributed by atoms with Crippen molar-refractivity contribution >= 4 is 6.21 Å². The molecule has 0 saturated carbocycles. The lowest BCUT2D eigenvalue weighted by molar-refractivity contribution is 0.363. The Morgan fingerprint density at radius 2 is 2.56 bits per heavy atom. The molecule has 1 unspecified atom stereocenters. The molecule has 3 nitrogen and oxygen atoms in total. The summed E-state index contributed by atoms with van der Waals surface area (Å²) >= 11 is 0. The molecule has 1 aliphatic rings. The fourth-order valence-electron chi connectivity index (χ4n) is 0.689. The van der Waals surface area contributed by atoms with E-state index in [9.17, 15) is 0 Å². The molecule has 0 aliphatic carbocycles. The van der Waals surface area contributed by atoms with Crippen molar-refractivity contribution in [3.63, 3.8) is 0 Å². The molecule has 1 rings (SSSR count). The second kappa shape index (κ2) is 2.64. The summed E-state index contributed by atoms with van der Waals surface area (Å²) < 4.78 is 0. The summed E-state index contributed by atoms with van der Waals surface area (Å²) in [6.07, 6.45) is 3.86. The van der Waals surface area contributed by atoms with Gasteiger partial charge < -0.3 is 10.8 Å². The van der Waals surface area contributed by atoms with Crippen LogP contribution >= 0.6 is 0 Å². The lowest BCUT2D eigenvalue weighted by Crippen LogP contribution is -2.22. The molecule has 1 atom stereocenters. The molecule has 50 valence electrons. The van der Waals surface area contributed by atoms with Crippen LogP contribution in [-0.4, -0.2) is 23.9 Å². The van der Waals surface area contributed by atoms with Crippen molar-refractivity contribution in [1.82, 2.24) is 0 Å². The molecule has 9 heavy (non-hydrogen) atoms. The number of hydrogen-bond donors (Lipinski definition) is 2. The van der Waals surface area contributed by atoms with Gasteiger partial charge in [0.25, 0.3) is 0 Å². The van der Waals surface area contributed by atoms with Crippen LogP contribution in [0.2, 0.25) is 0 Å². The van der Waals surface area contributed by atoms with Gasteiger partial charge in [0.2, 0.25) is 0 Å². The number of nitrogens with two attached hydrogens (primary N) is 1. The van der Waals surface area contributed by atoms with Crippen LogP contribution in [-0.2, 0) is 0 Å².